The first-order valence-electron chi connectivity index (χ1n) is 9.40. The second-order valence-corrected chi connectivity index (χ2v) is 9.67. The fourth-order valence-electron chi connectivity index (χ4n) is 3.47. The zero-order valence-corrected chi connectivity index (χ0v) is 18.1. The Morgan fingerprint density at radius 2 is 1.90 bits per heavy atom. The van der Waals surface area contributed by atoms with E-state index in [1.165, 1.54) is 11.3 Å². The second kappa shape index (κ2) is 8.27. The van der Waals surface area contributed by atoms with Crippen LogP contribution < -0.4 is 9.62 Å². The number of hydrogen-bond acceptors (Lipinski definition) is 7. The molecule has 2 heterocycles. The first kappa shape index (κ1) is 20.1. The Hall–Kier alpha value is -2.20. The molecule has 1 saturated heterocycles. The third-order valence-electron chi connectivity index (χ3n) is 4.89. The van der Waals surface area contributed by atoms with Gasteiger partial charge in [0.1, 0.15) is 0 Å². The third-order valence-corrected chi connectivity index (χ3v) is 7.23. The fraction of sp³-hybridized carbons (Fsp3) is 0.350. The van der Waals surface area contributed by atoms with Gasteiger partial charge in [0.25, 0.3) is 10.0 Å². The quantitative estimate of drug-likeness (QED) is 0.642. The Balaban J connectivity index is 0.00000256. The number of ether oxygens (including phenoxy) is 1. The van der Waals surface area contributed by atoms with Crippen molar-refractivity contribution in [3.63, 3.8) is 0 Å². The van der Waals surface area contributed by atoms with Crippen LogP contribution >= 0.6 is 11.3 Å². The molecule has 7 nitrogen and oxygen atoms in total. The van der Waals surface area contributed by atoms with E-state index in [1.54, 1.807) is 12.1 Å². The van der Waals surface area contributed by atoms with Gasteiger partial charge in [-0.3, -0.25) is 9.62 Å². The second-order valence-electron chi connectivity index (χ2n) is 7.16. The molecule has 156 valence electrons. The molecular weight excluding hydrogens is 408 g/mol. The van der Waals surface area contributed by atoms with Crippen molar-refractivity contribution in [2.24, 2.45) is 0 Å². The van der Waals surface area contributed by atoms with Crippen molar-refractivity contribution in [3.05, 3.63) is 47.5 Å². The number of morpholine rings is 1. The molecule has 0 amide bonds. The molecule has 4 rings (SSSR count). The highest BCUT2D eigenvalue weighted by Crippen LogP contribution is 2.31. The van der Waals surface area contributed by atoms with Crippen LogP contribution in [0.15, 0.2) is 46.7 Å². The van der Waals surface area contributed by atoms with Gasteiger partial charge in [-0.05, 0) is 12.1 Å². The maximum absolute atomic E-state index is 13.1. The minimum absolute atomic E-state index is 0. The third kappa shape index (κ3) is 4.37. The van der Waals surface area contributed by atoms with Crippen LogP contribution in [0.2, 0.25) is 0 Å². The Morgan fingerprint density at radius 1 is 1.17 bits per heavy atom. The minimum Gasteiger partial charge on any atom is -0.379 e. The molecule has 0 atom stereocenters. The molecule has 9 heteroatoms. The van der Waals surface area contributed by atoms with Crippen molar-refractivity contribution in [2.45, 2.75) is 11.4 Å². The lowest BCUT2D eigenvalue weighted by Crippen LogP contribution is -2.35. The number of nitrogens with one attached hydrogen (secondary N) is 1. The maximum atomic E-state index is 13.1. The highest BCUT2D eigenvalue weighted by atomic mass is 32.2. The monoisotopic (exact) mass is 434 g/mol. The van der Waals surface area contributed by atoms with E-state index in [0.29, 0.717) is 17.1 Å². The summed E-state index contributed by atoms with van der Waals surface area (Å²) >= 11 is 1.31. The van der Waals surface area contributed by atoms with E-state index in [4.69, 9.17) is 4.74 Å². The van der Waals surface area contributed by atoms with Gasteiger partial charge in [0.05, 0.1) is 23.8 Å². The number of nitrogens with zero attached hydrogens (tertiary/aromatic N) is 3. The minimum atomic E-state index is -3.76. The summed E-state index contributed by atoms with van der Waals surface area (Å²) in [5.41, 5.74) is 1.84. The highest BCUT2D eigenvalue weighted by molar-refractivity contribution is 7.93. The van der Waals surface area contributed by atoms with E-state index >= 15 is 0 Å². The molecule has 1 aromatic heterocycles. The first-order chi connectivity index (χ1) is 13.9. The SMILES string of the molecule is CN(C)c1cccc2c(S(=O)(=O)Nc3nc(CN4CCOCC4)cs3)cccc12.[HH]. The molecule has 0 aliphatic carbocycles. The van der Waals surface area contributed by atoms with Crippen LogP contribution in [0.5, 0.6) is 0 Å². The molecule has 1 N–H and O–H groups in total. The molecule has 0 bridgehead atoms. The first-order valence-corrected chi connectivity index (χ1v) is 11.8. The van der Waals surface area contributed by atoms with Crippen LogP contribution in [0.4, 0.5) is 10.8 Å². The van der Waals surface area contributed by atoms with E-state index in [2.05, 4.69) is 14.6 Å². The van der Waals surface area contributed by atoms with Gasteiger partial charge in [0.15, 0.2) is 5.13 Å². The van der Waals surface area contributed by atoms with Crippen molar-refractivity contribution in [2.75, 3.05) is 50.0 Å². The lowest BCUT2D eigenvalue weighted by atomic mass is 10.1. The molecule has 1 fully saturated rings. The van der Waals surface area contributed by atoms with E-state index in [0.717, 1.165) is 43.1 Å². The molecular formula is C20H26N4O3S2. The van der Waals surface area contributed by atoms with Crippen LogP contribution in [0.25, 0.3) is 10.8 Å². The number of hydrogen-bond donors (Lipinski definition) is 1. The van der Waals surface area contributed by atoms with Crippen molar-refractivity contribution >= 4 is 43.0 Å². The number of anilines is 2. The van der Waals surface area contributed by atoms with Crippen LogP contribution in [-0.2, 0) is 21.3 Å². The number of thiazole rings is 1. The van der Waals surface area contributed by atoms with Crippen molar-refractivity contribution < 1.29 is 14.6 Å². The van der Waals surface area contributed by atoms with Crippen molar-refractivity contribution in [1.82, 2.24) is 9.88 Å². The lowest BCUT2D eigenvalue weighted by Gasteiger charge is -2.25. The van der Waals surface area contributed by atoms with Crippen molar-refractivity contribution in [3.8, 4) is 0 Å². The van der Waals surface area contributed by atoms with Crippen LogP contribution in [-0.4, -0.2) is 58.7 Å². The van der Waals surface area contributed by atoms with Gasteiger partial charge >= 0.3 is 0 Å². The normalized spacial score (nSPS) is 15.5. The summed E-state index contributed by atoms with van der Waals surface area (Å²) < 4.78 is 34.2. The van der Waals surface area contributed by atoms with Crippen LogP contribution in [0, 0.1) is 0 Å². The van der Waals surface area contributed by atoms with Gasteiger partial charge in [0, 0.05) is 57.0 Å². The molecule has 1 aliphatic rings. The number of sulfonamides is 1. The Labute approximate surface area is 176 Å². The van der Waals surface area contributed by atoms with Crippen LogP contribution in [0.1, 0.15) is 7.12 Å². The number of rotatable bonds is 6. The highest BCUT2D eigenvalue weighted by Gasteiger charge is 2.20. The summed E-state index contributed by atoms with van der Waals surface area (Å²) in [6.45, 7) is 3.87. The smallest absolute Gasteiger partial charge is 0.264 e. The number of benzene rings is 2. The van der Waals surface area contributed by atoms with Gasteiger partial charge in [-0.2, -0.15) is 0 Å². The van der Waals surface area contributed by atoms with Gasteiger partial charge in [-0.1, -0.05) is 24.3 Å². The summed E-state index contributed by atoms with van der Waals surface area (Å²) in [5, 5.41) is 3.87. The standard InChI is InChI=1S/C20H24N4O3S2.H2/c1-23(2)18-7-3-6-17-16(18)5-4-8-19(17)29(25,26)22-20-21-15(14-28-20)13-24-9-11-27-12-10-24;/h3-8,14H,9-13H2,1-2H3,(H,21,22);1H. The zero-order chi connectivity index (χ0) is 20.4. The molecule has 29 heavy (non-hydrogen) atoms. The zero-order valence-electron chi connectivity index (χ0n) is 16.5. The van der Waals surface area contributed by atoms with Gasteiger partial charge in [-0.25, -0.2) is 13.4 Å². The van der Waals surface area contributed by atoms with E-state index in [1.807, 2.05) is 48.6 Å². The Morgan fingerprint density at radius 3 is 2.66 bits per heavy atom. The summed E-state index contributed by atoms with van der Waals surface area (Å²) in [5.74, 6) is 0. The number of aromatic nitrogens is 1. The summed E-state index contributed by atoms with van der Waals surface area (Å²) in [6, 6.07) is 11.0. The van der Waals surface area contributed by atoms with E-state index in [9.17, 15) is 8.42 Å². The predicted octanol–water partition coefficient (Wildman–Crippen LogP) is 3.24. The molecule has 0 radical (unpaired) electrons. The number of fused-ring (bicyclic) bond motifs is 1. The van der Waals surface area contributed by atoms with E-state index < -0.39 is 10.0 Å². The molecule has 0 saturated carbocycles. The molecule has 2 aromatic carbocycles. The fourth-order valence-corrected chi connectivity index (χ4v) is 5.65. The van der Waals surface area contributed by atoms with E-state index in [-0.39, 0.29) is 6.32 Å². The largest absolute Gasteiger partial charge is 0.379 e. The Bertz CT molecular complexity index is 1110. The van der Waals surface area contributed by atoms with Gasteiger partial charge in [0.2, 0.25) is 0 Å². The van der Waals surface area contributed by atoms with Gasteiger partial charge in [-0.15, -0.1) is 11.3 Å². The maximum Gasteiger partial charge on any atom is 0.264 e. The summed E-state index contributed by atoms with van der Waals surface area (Å²) in [6.07, 6.45) is 0. The average molecular weight is 435 g/mol. The van der Waals surface area contributed by atoms with Crippen LogP contribution in [0.3, 0.4) is 0 Å². The molecule has 3 aromatic rings. The molecule has 0 spiro atoms. The summed E-state index contributed by atoms with van der Waals surface area (Å²) in [7, 11) is 0.132. The molecule has 0 unspecified atom stereocenters. The predicted molar refractivity (Wildman–Crippen MR) is 119 cm³/mol. The Kier molecular flexibility index (Phi) is 5.73. The topological polar surface area (TPSA) is 74.8 Å². The van der Waals surface area contributed by atoms with Crippen molar-refractivity contribution in [1.29, 1.82) is 0 Å². The summed E-state index contributed by atoms with van der Waals surface area (Å²) in [4.78, 5) is 8.96. The lowest BCUT2D eigenvalue weighted by molar-refractivity contribution is 0.0337. The molecule has 1 aliphatic heterocycles. The van der Waals surface area contributed by atoms with Gasteiger partial charge < -0.3 is 9.64 Å². The average Bonchev–Trinajstić information content (AvgIpc) is 3.13.